The van der Waals surface area contributed by atoms with E-state index < -0.39 is 0 Å². The first-order chi connectivity index (χ1) is 8.79. The van der Waals surface area contributed by atoms with Gasteiger partial charge in [0.05, 0.1) is 31.7 Å². The number of furan rings is 1. The maximum atomic E-state index is 12.1. The van der Waals surface area contributed by atoms with E-state index in [1.165, 1.54) is 6.26 Å². The first-order valence-electron chi connectivity index (χ1n) is 5.64. The Morgan fingerprint density at radius 1 is 1.50 bits per heavy atom. The van der Waals surface area contributed by atoms with Crippen molar-refractivity contribution >= 4 is 5.91 Å². The molecular weight excluding hydrogens is 236 g/mol. The summed E-state index contributed by atoms with van der Waals surface area (Å²) in [5.74, 6) is 0.165. The summed E-state index contributed by atoms with van der Waals surface area (Å²) in [4.78, 5) is 13.8. The van der Waals surface area contributed by atoms with Crippen molar-refractivity contribution in [1.29, 1.82) is 0 Å². The monoisotopic (exact) mass is 248 g/mol. The van der Waals surface area contributed by atoms with Crippen molar-refractivity contribution < 1.29 is 14.3 Å². The van der Waals surface area contributed by atoms with Gasteiger partial charge in [-0.1, -0.05) is 5.21 Å². The van der Waals surface area contributed by atoms with Crippen molar-refractivity contribution in [2.75, 3.05) is 6.54 Å². The molecule has 7 heteroatoms. The molecule has 0 atom stereocenters. The molecule has 0 unspecified atom stereocenters. The van der Waals surface area contributed by atoms with Gasteiger partial charge in [0.15, 0.2) is 5.76 Å². The molecule has 0 saturated heterocycles. The molecule has 0 aliphatic carbocycles. The highest BCUT2D eigenvalue weighted by Crippen LogP contribution is 2.17. The molecule has 94 valence electrons. The maximum Gasteiger partial charge on any atom is 0.289 e. The summed E-state index contributed by atoms with van der Waals surface area (Å²) in [6.45, 7) is 1.36. The SMILES string of the molecule is O=C(c1ccco1)N1CCn2nnc(CO)c2C1. The van der Waals surface area contributed by atoms with Crippen LogP contribution in [-0.4, -0.2) is 37.5 Å². The number of fused-ring (bicyclic) bond motifs is 1. The number of aliphatic hydroxyl groups is 1. The van der Waals surface area contributed by atoms with Gasteiger partial charge in [0, 0.05) is 6.54 Å². The number of aliphatic hydroxyl groups excluding tert-OH is 1. The van der Waals surface area contributed by atoms with E-state index in [9.17, 15) is 4.79 Å². The van der Waals surface area contributed by atoms with Crippen LogP contribution in [0.4, 0.5) is 0 Å². The van der Waals surface area contributed by atoms with E-state index in [-0.39, 0.29) is 12.5 Å². The molecule has 2 aromatic rings. The quantitative estimate of drug-likeness (QED) is 0.809. The highest BCUT2D eigenvalue weighted by molar-refractivity contribution is 5.91. The second-order valence-corrected chi connectivity index (χ2v) is 4.07. The van der Waals surface area contributed by atoms with Crippen LogP contribution < -0.4 is 0 Å². The number of carbonyl (C=O) groups is 1. The lowest BCUT2D eigenvalue weighted by Crippen LogP contribution is -2.38. The normalized spacial score (nSPS) is 14.6. The molecule has 1 aliphatic heterocycles. The van der Waals surface area contributed by atoms with Crippen LogP contribution in [0, 0.1) is 0 Å². The predicted octanol–water partition coefficient (Wildman–Crippen LogP) is 0.0194. The molecule has 2 aromatic heterocycles. The summed E-state index contributed by atoms with van der Waals surface area (Å²) in [5, 5.41) is 17.0. The maximum absolute atomic E-state index is 12.1. The van der Waals surface area contributed by atoms with Crippen LogP contribution in [0.25, 0.3) is 0 Å². The van der Waals surface area contributed by atoms with Gasteiger partial charge in [0.25, 0.3) is 5.91 Å². The molecule has 0 fully saturated rings. The highest BCUT2D eigenvalue weighted by Gasteiger charge is 2.26. The Labute approximate surface area is 103 Å². The zero-order chi connectivity index (χ0) is 12.5. The number of nitrogens with zero attached hydrogens (tertiary/aromatic N) is 4. The minimum absolute atomic E-state index is 0.156. The van der Waals surface area contributed by atoms with E-state index in [0.29, 0.717) is 31.1 Å². The Kier molecular flexibility index (Phi) is 2.60. The first-order valence-corrected chi connectivity index (χ1v) is 5.64. The molecule has 3 heterocycles. The van der Waals surface area contributed by atoms with Gasteiger partial charge in [0.1, 0.15) is 5.69 Å². The van der Waals surface area contributed by atoms with Gasteiger partial charge in [-0.15, -0.1) is 5.10 Å². The van der Waals surface area contributed by atoms with E-state index in [1.54, 1.807) is 21.7 Å². The van der Waals surface area contributed by atoms with Gasteiger partial charge in [-0.25, -0.2) is 4.68 Å². The largest absolute Gasteiger partial charge is 0.459 e. The second-order valence-electron chi connectivity index (χ2n) is 4.07. The van der Waals surface area contributed by atoms with Crippen molar-refractivity contribution in [3.63, 3.8) is 0 Å². The fourth-order valence-corrected chi connectivity index (χ4v) is 2.05. The third-order valence-corrected chi connectivity index (χ3v) is 3.01. The Morgan fingerprint density at radius 2 is 2.39 bits per heavy atom. The minimum atomic E-state index is -0.169. The summed E-state index contributed by atoms with van der Waals surface area (Å²) in [5.41, 5.74) is 1.30. The van der Waals surface area contributed by atoms with Crippen molar-refractivity contribution in [2.24, 2.45) is 0 Å². The molecule has 0 bridgehead atoms. The zero-order valence-corrected chi connectivity index (χ0v) is 9.61. The lowest BCUT2D eigenvalue weighted by Gasteiger charge is -2.26. The standard InChI is InChI=1S/C11H12N4O3/c16-7-8-9-6-14(3-4-15(9)13-12-8)11(17)10-2-1-5-18-10/h1-2,5,16H,3-4,6-7H2. The lowest BCUT2D eigenvalue weighted by molar-refractivity contribution is 0.0671. The average molecular weight is 248 g/mol. The molecule has 18 heavy (non-hydrogen) atoms. The second kappa shape index (κ2) is 4.26. The van der Waals surface area contributed by atoms with Crippen molar-refractivity contribution in [3.05, 3.63) is 35.5 Å². The fourth-order valence-electron chi connectivity index (χ4n) is 2.05. The number of carbonyl (C=O) groups excluding carboxylic acids is 1. The van der Waals surface area contributed by atoms with Gasteiger partial charge in [0.2, 0.25) is 0 Å². The number of aromatic nitrogens is 3. The van der Waals surface area contributed by atoms with Gasteiger partial charge >= 0.3 is 0 Å². The molecule has 7 nitrogen and oxygen atoms in total. The van der Waals surface area contributed by atoms with Crippen LogP contribution in [-0.2, 0) is 19.7 Å². The average Bonchev–Trinajstić information content (AvgIpc) is 3.06. The zero-order valence-electron chi connectivity index (χ0n) is 9.61. The molecular formula is C11H12N4O3. The number of rotatable bonds is 2. The molecule has 0 saturated carbocycles. The van der Waals surface area contributed by atoms with Gasteiger partial charge in [-0.2, -0.15) is 0 Å². The molecule has 3 rings (SSSR count). The van der Waals surface area contributed by atoms with Crippen LogP contribution >= 0.6 is 0 Å². The molecule has 0 spiro atoms. The Hall–Kier alpha value is -2.15. The van der Waals surface area contributed by atoms with Crippen LogP contribution in [0.15, 0.2) is 22.8 Å². The van der Waals surface area contributed by atoms with Crippen LogP contribution in [0.5, 0.6) is 0 Å². The van der Waals surface area contributed by atoms with E-state index in [1.807, 2.05) is 0 Å². The Morgan fingerprint density at radius 3 is 3.11 bits per heavy atom. The Bertz CT molecular complexity index is 547. The minimum Gasteiger partial charge on any atom is -0.459 e. The third-order valence-electron chi connectivity index (χ3n) is 3.01. The van der Waals surface area contributed by atoms with Crippen molar-refractivity contribution in [2.45, 2.75) is 19.7 Å². The highest BCUT2D eigenvalue weighted by atomic mass is 16.3. The van der Waals surface area contributed by atoms with Crippen LogP contribution in [0.2, 0.25) is 0 Å². The predicted molar refractivity (Wildman–Crippen MR) is 59.4 cm³/mol. The Balaban J connectivity index is 1.84. The van der Waals surface area contributed by atoms with Crippen molar-refractivity contribution in [3.8, 4) is 0 Å². The van der Waals surface area contributed by atoms with E-state index >= 15 is 0 Å². The lowest BCUT2D eigenvalue weighted by atomic mass is 10.2. The first kappa shape index (κ1) is 11.0. The van der Waals surface area contributed by atoms with Crippen LogP contribution in [0.3, 0.4) is 0 Å². The van der Waals surface area contributed by atoms with E-state index in [2.05, 4.69) is 10.3 Å². The third kappa shape index (κ3) is 1.68. The number of hydrogen-bond acceptors (Lipinski definition) is 5. The molecule has 1 aliphatic rings. The smallest absolute Gasteiger partial charge is 0.289 e. The molecule has 0 radical (unpaired) electrons. The molecule has 1 amide bonds. The summed E-state index contributed by atoms with van der Waals surface area (Å²) in [6.07, 6.45) is 1.47. The van der Waals surface area contributed by atoms with Crippen molar-refractivity contribution in [1.82, 2.24) is 19.9 Å². The molecule has 1 N–H and O–H groups in total. The molecule has 0 aromatic carbocycles. The fraction of sp³-hybridized carbons (Fsp3) is 0.364. The van der Waals surface area contributed by atoms with Gasteiger partial charge < -0.3 is 14.4 Å². The summed E-state index contributed by atoms with van der Waals surface area (Å²) in [7, 11) is 0. The summed E-state index contributed by atoms with van der Waals surface area (Å²) in [6, 6.07) is 3.32. The summed E-state index contributed by atoms with van der Waals surface area (Å²) < 4.78 is 6.82. The van der Waals surface area contributed by atoms with Gasteiger partial charge in [-0.05, 0) is 12.1 Å². The number of hydrogen-bond donors (Lipinski definition) is 1. The van der Waals surface area contributed by atoms with E-state index in [4.69, 9.17) is 9.52 Å². The van der Waals surface area contributed by atoms with Crippen LogP contribution in [0.1, 0.15) is 21.9 Å². The van der Waals surface area contributed by atoms with E-state index in [0.717, 1.165) is 5.69 Å². The summed E-state index contributed by atoms with van der Waals surface area (Å²) >= 11 is 0. The number of amides is 1. The van der Waals surface area contributed by atoms with Gasteiger partial charge in [-0.3, -0.25) is 4.79 Å². The topological polar surface area (TPSA) is 84.4 Å².